The van der Waals surface area contributed by atoms with E-state index in [2.05, 4.69) is 10.3 Å². The summed E-state index contributed by atoms with van der Waals surface area (Å²) in [7, 11) is 4.01. The van der Waals surface area contributed by atoms with Crippen molar-refractivity contribution in [3.8, 4) is 0 Å². The first-order valence-electron chi connectivity index (χ1n) is 7.95. The van der Waals surface area contributed by atoms with Crippen LogP contribution in [0.5, 0.6) is 0 Å². The van der Waals surface area contributed by atoms with Crippen LogP contribution in [-0.4, -0.2) is 29.4 Å². The second kappa shape index (κ2) is 6.35. The molecule has 0 spiro atoms. The van der Waals surface area contributed by atoms with Gasteiger partial charge in [-0.2, -0.15) is 0 Å². The molecule has 0 atom stereocenters. The number of hydrogen-bond acceptors (Lipinski definition) is 3. The monoisotopic (exact) mass is 322 g/mol. The summed E-state index contributed by atoms with van der Waals surface area (Å²) in [6.07, 6.45) is 1.94. The fraction of sp³-hybridized carbons (Fsp3) is 0.263. The minimum absolute atomic E-state index is 0.109. The third-order valence-corrected chi connectivity index (χ3v) is 4.06. The number of benzene rings is 1. The van der Waals surface area contributed by atoms with Crippen molar-refractivity contribution < 1.29 is 4.79 Å². The van der Waals surface area contributed by atoms with Crippen LogP contribution in [0.4, 0.5) is 5.69 Å². The van der Waals surface area contributed by atoms with Crippen molar-refractivity contribution in [1.29, 1.82) is 0 Å². The molecule has 1 amide bonds. The number of nitrogens with zero attached hydrogens (tertiary/aromatic N) is 3. The van der Waals surface area contributed by atoms with Gasteiger partial charge in [-0.15, -0.1) is 0 Å². The molecule has 0 fully saturated rings. The molecule has 3 rings (SSSR count). The van der Waals surface area contributed by atoms with Gasteiger partial charge in [0.1, 0.15) is 11.3 Å². The molecule has 2 aromatic heterocycles. The van der Waals surface area contributed by atoms with Crippen LogP contribution in [0.2, 0.25) is 0 Å². The van der Waals surface area contributed by atoms with E-state index in [1.54, 1.807) is 0 Å². The standard InChI is InChI=1S/C19H22N4O/c1-13-5-10-17-21-14(2)18(23(17)12-13)19(24)20-11-15-6-8-16(9-7-15)22(3)4/h5-10,12H,11H2,1-4H3,(H,20,24). The molecule has 0 saturated carbocycles. The highest BCUT2D eigenvalue weighted by atomic mass is 16.1. The van der Waals surface area contributed by atoms with E-state index >= 15 is 0 Å². The smallest absolute Gasteiger partial charge is 0.270 e. The van der Waals surface area contributed by atoms with Crippen LogP contribution < -0.4 is 10.2 Å². The highest BCUT2D eigenvalue weighted by Gasteiger charge is 2.16. The van der Waals surface area contributed by atoms with Gasteiger partial charge in [0.15, 0.2) is 0 Å². The number of amides is 1. The molecule has 0 bridgehead atoms. The maximum atomic E-state index is 12.6. The van der Waals surface area contributed by atoms with Crippen LogP contribution in [0, 0.1) is 13.8 Å². The van der Waals surface area contributed by atoms with E-state index in [1.807, 2.05) is 79.8 Å². The molecular formula is C19H22N4O. The van der Waals surface area contributed by atoms with Gasteiger partial charge in [-0.05, 0) is 43.2 Å². The van der Waals surface area contributed by atoms with E-state index in [1.165, 1.54) is 0 Å². The number of aryl methyl sites for hydroxylation is 2. The first kappa shape index (κ1) is 16.1. The Morgan fingerprint density at radius 3 is 2.50 bits per heavy atom. The minimum atomic E-state index is -0.109. The van der Waals surface area contributed by atoms with Crippen LogP contribution in [0.1, 0.15) is 27.3 Å². The van der Waals surface area contributed by atoms with Crippen LogP contribution in [-0.2, 0) is 6.54 Å². The first-order valence-corrected chi connectivity index (χ1v) is 7.95. The highest BCUT2D eigenvalue weighted by molar-refractivity contribution is 5.94. The third-order valence-electron chi connectivity index (χ3n) is 4.06. The Hall–Kier alpha value is -2.82. The maximum absolute atomic E-state index is 12.6. The van der Waals surface area contributed by atoms with Crippen molar-refractivity contribution in [2.45, 2.75) is 20.4 Å². The summed E-state index contributed by atoms with van der Waals surface area (Å²) in [5.74, 6) is -0.109. The molecular weight excluding hydrogens is 300 g/mol. The average Bonchev–Trinajstić information content (AvgIpc) is 2.88. The number of carbonyl (C=O) groups is 1. The van der Waals surface area contributed by atoms with Crippen molar-refractivity contribution in [3.63, 3.8) is 0 Å². The van der Waals surface area contributed by atoms with Gasteiger partial charge >= 0.3 is 0 Å². The molecule has 5 nitrogen and oxygen atoms in total. The van der Waals surface area contributed by atoms with Crippen LogP contribution >= 0.6 is 0 Å². The summed E-state index contributed by atoms with van der Waals surface area (Å²) in [5.41, 5.74) is 5.42. The van der Waals surface area contributed by atoms with Gasteiger partial charge in [-0.3, -0.25) is 9.20 Å². The molecule has 0 aliphatic rings. The lowest BCUT2D eigenvalue weighted by atomic mass is 10.2. The summed E-state index contributed by atoms with van der Waals surface area (Å²) in [4.78, 5) is 19.1. The Morgan fingerprint density at radius 2 is 1.83 bits per heavy atom. The molecule has 0 unspecified atom stereocenters. The molecule has 0 radical (unpaired) electrons. The second-order valence-electron chi connectivity index (χ2n) is 6.22. The molecule has 0 saturated heterocycles. The lowest BCUT2D eigenvalue weighted by molar-refractivity contribution is 0.0944. The van der Waals surface area contributed by atoms with Crippen molar-refractivity contribution in [3.05, 3.63) is 65.1 Å². The first-order chi connectivity index (χ1) is 11.5. The van der Waals surface area contributed by atoms with Crippen LogP contribution in [0.15, 0.2) is 42.6 Å². The van der Waals surface area contributed by atoms with Gasteiger partial charge in [0.2, 0.25) is 0 Å². The molecule has 2 heterocycles. The number of pyridine rings is 1. The fourth-order valence-electron chi connectivity index (χ4n) is 2.72. The normalized spacial score (nSPS) is 10.8. The van der Waals surface area contributed by atoms with Crippen molar-refractivity contribution in [1.82, 2.24) is 14.7 Å². The Kier molecular flexibility index (Phi) is 4.25. The predicted octanol–water partition coefficient (Wildman–Crippen LogP) is 2.95. The van der Waals surface area contributed by atoms with Gasteiger partial charge < -0.3 is 10.2 Å². The SMILES string of the molecule is Cc1ccc2nc(C)c(C(=O)NCc3ccc(N(C)C)cc3)n2c1. The number of hydrogen-bond donors (Lipinski definition) is 1. The zero-order chi connectivity index (χ0) is 17.3. The number of imidazole rings is 1. The zero-order valence-corrected chi connectivity index (χ0v) is 14.5. The second-order valence-corrected chi connectivity index (χ2v) is 6.22. The van der Waals surface area contributed by atoms with E-state index in [9.17, 15) is 4.79 Å². The summed E-state index contributed by atoms with van der Waals surface area (Å²) < 4.78 is 1.86. The molecule has 1 aromatic carbocycles. The Bertz CT molecular complexity index is 878. The van der Waals surface area contributed by atoms with Gasteiger partial charge in [0.05, 0.1) is 5.69 Å². The summed E-state index contributed by atoms with van der Waals surface area (Å²) >= 11 is 0. The van der Waals surface area contributed by atoms with Gasteiger partial charge in [-0.1, -0.05) is 18.2 Å². The molecule has 1 N–H and O–H groups in total. The maximum Gasteiger partial charge on any atom is 0.270 e. The van der Waals surface area contributed by atoms with Gasteiger partial charge in [-0.25, -0.2) is 4.98 Å². The summed E-state index contributed by atoms with van der Waals surface area (Å²) in [6, 6.07) is 12.1. The van der Waals surface area contributed by atoms with Crippen LogP contribution in [0.25, 0.3) is 5.65 Å². The third kappa shape index (κ3) is 3.11. The predicted molar refractivity (Wildman–Crippen MR) is 96.6 cm³/mol. The number of fused-ring (bicyclic) bond motifs is 1. The van der Waals surface area contributed by atoms with E-state index in [4.69, 9.17) is 0 Å². The number of aromatic nitrogens is 2. The van der Waals surface area contributed by atoms with Crippen molar-refractivity contribution >= 4 is 17.2 Å². The summed E-state index contributed by atoms with van der Waals surface area (Å²) in [5, 5.41) is 2.99. The topological polar surface area (TPSA) is 49.6 Å². The Balaban J connectivity index is 1.78. The lowest BCUT2D eigenvalue weighted by Gasteiger charge is -2.13. The van der Waals surface area contributed by atoms with E-state index < -0.39 is 0 Å². The van der Waals surface area contributed by atoms with Crippen molar-refractivity contribution in [2.24, 2.45) is 0 Å². The Labute approximate surface area is 141 Å². The molecule has 5 heteroatoms. The minimum Gasteiger partial charge on any atom is -0.378 e. The molecule has 124 valence electrons. The number of nitrogens with one attached hydrogen (secondary N) is 1. The largest absolute Gasteiger partial charge is 0.378 e. The summed E-state index contributed by atoms with van der Waals surface area (Å²) in [6.45, 7) is 4.36. The number of anilines is 1. The molecule has 24 heavy (non-hydrogen) atoms. The molecule has 0 aliphatic heterocycles. The van der Waals surface area contributed by atoms with E-state index in [0.717, 1.165) is 28.2 Å². The van der Waals surface area contributed by atoms with Crippen LogP contribution in [0.3, 0.4) is 0 Å². The van der Waals surface area contributed by atoms with E-state index in [-0.39, 0.29) is 5.91 Å². The molecule has 0 aliphatic carbocycles. The highest BCUT2D eigenvalue weighted by Crippen LogP contribution is 2.15. The van der Waals surface area contributed by atoms with Crippen molar-refractivity contribution in [2.75, 3.05) is 19.0 Å². The number of carbonyl (C=O) groups excluding carboxylic acids is 1. The number of rotatable bonds is 4. The van der Waals surface area contributed by atoms with Gasteiger partial charge in [0, 0.05) is 32.5 Å². The van der Waals surface area contributed by atoms with E-state index in [0.29, 0.717) is 12.2 Å². The fourth-order valence-corrected chi connectivity index (χ4v) is 2.72. The quantitative estimate of drug-likeness (QED) is 0.803. The zero-order valence-electron chi connectivity index (χ0n) is 14.5. The lowest BCUT2D eigenvalue weighted by Crippen LogP contribution is -2.25. The van der Waals surface area contributed by atoms with Gasteiger partial charge in [0.25, 0.3) is 5.91 Å². The average molecular weight is 322 g/mol. The molecule has 3 aromatic rings. The Morgan fingerprint density at radius 1 is 1.12 bits per heavy atom.